The van der Waals surface area contributed by atoms with Crippen LogP contribution in [-0.4, -0.2) is 16.0 Å². The van der Waals surface area contributed by atoms with Gasteiger partial charge in [0, 0.05) is 17.1 Å². The van der Waals surface area contributed by atoms with Crippen molar-refractivity contribution in [1.29, 1.82) is 0 Å². The molecule has 1 saturated carbocycles. The summed E-state index contributed by atoms with van der Waals surface area (Å²) in [6.07, 6.45) is 0.441. The van der Waals surface area contributed by atoms with E-state index in [9.17, 15) is 13.2 Å². The summed E-state index contributed by atoms with van der Waals surface area (Å²) >= 11 is 11.9. The summed E-state index contributed by atoms with van der Waals surface area (Å²) in [5, 5.41) is 6.55. The molecule has 0 spiro atoms. The highest BCUT2D eigenvalue weighted by atomic mass is 35.5. The molecular weight excluding hydrogens is 388 g/mol. The van der Waals surface area contributed by atoms with E-state index in [0.717, 1.165) is 38.2 Å². The molecule has 0 saturated heterocycles. The maximum absolute atomic E-state index is 13.2. The van der Waals surface area contributed by atoms with Crippen LogP contribution in [0.3, 0.4) is 0 Å². The van der Waals surface area contributed by atoms with Crippen LogP contribution >= 0.6 is 23.2 Å². The molecule has 140 valence electrons. The molecule has 0 amide bonds. The predicted octanol–water partition coefficient (Wildman–Crippen LogP) is 6.29. The van der Waals surface area contributed by atoms with Gasteiger partial charge in [-0.25, -0.2) is 4.98 Å². The molecule has 1 aliphatic carbocycles. The number of benzene rings is 1. The molecule has 2 aromatic rings. The average Bonchev–Trinajstić information content (AvgIpc) is 2.57. The van der Waals surface area contributed by atoms with E-state index < -0.39 is 11.9 Å². The second kappa shape index (κ2) is 7.88. The Morgan fingerprint density at radius 1 is 1.00 bits per heavy atom. The molecule has 0 atom stereocenters. The molecule has 0 aliphatic heterocycles. The van der Waals surface area contributed by atoms with Crippen molar-refractivity contribution in [3.63, 3.8) is 0 Å². The normalized spacial score (nSPS) is 15.7. The third-order valence-electron chi connectivity index (χ3n) is 4.15. The second-order valence-electron chi connectivity index (χ2n) is 6.19. The van der Waals surface area contributed by atoms with Crippen LogP contribution in [0, 0.1) is 0 Å². The fraction of sp³-hybridized carbons (Fsp3) is 0.412. The maximum Gasteiger partial charge on any atom is 0.433 e. The topological polar surface area (TPSA) is 49.8 Å². The first-order valence-electron chi connectivity index (χ1n) is 8.26. The fourth-order valence-electron chi connectivity index (χ4n) is 2.88. The van der Waals surface area contributed by atoms with Gasteiger partial charge < -0.3 is 10.6 Å². The van der Waals surface area contributed by atoms with Crippen LogP contribution in [0.25, 0.3) is 0 Å². The van der Waals surface area contributed by atoms with Crippen molar-refractivity contribution in [3.05, 3.63) is 40.0 Å². The molecule has 0 bridgehead atoms. The van der Waals surface area contributed by atoms with E-state index in [1.807, 2.05) is 0 Å². The van der Waals surface area contributed by atoms with E-state index >= 15 is 0 Å². The van der Waals surface area contributed by atoms with Crippen LogP contribution in [0.5, 0.6) is 0 Å². The smallest absolute Gasteiger partial charge is 0.351 e. The van der Waals surface area contributed by atoms with Crippen molar-refractivity contribution in [1.82, 2.24) is 9.97 Å². The van der Waals surface area contributed by atoms with Crippen molar-refractivity contribution in [2.75, 3.05) is 10.6 Å². The first-order chi connectivity index (χ1) is 12.3. The van der Waals surface area contributed by atoms with E-state index in [2.05, 4.69) is 20.6 Å². The quantitative estimate of drug-likeness (QED) is 0.628. The van der Waals surface area contributed by atoms with Gasteiger partial charge in [0.1, 0.15) is 5.82 Å². The monoisotopic (exact) mass is 404 g/mol. The molecule has 0 radical (unpaired) electrons. The highest BCUT2D eigenvalue weighted by molar-refractivity contribution is 6.36. The zero-order chi connectivity index (χ0) is 18.7. The van der Waals surface area contributed by atoms with Crippen molar-refractivity contribution in [3.8, 4) is 0 Å². The molecule has 1 aromatic carbocycles. The minimum atomic E-state index is -4.58. The molecule has 9 heteroatoms. The van der Waals surface area contributed by atoms with E-state index in [0.29, 0.717) is 10.7 Å². The Morgan fingerprint density at radius 2 is 1.73 bits per heavy atom. The van der Waals surface area contributed by atoms with Gasteiger partial charge in [-0.3, -0.25) is 0 Å². The number of anilines is 3. The van der Waals surface area contributed by atoms with Crippen LogP contribution in [0.15, 0.2) is 24.3 Å². The summed E-state index contributed by atoms with van der Waals surface area (Å²) in [6, 6.07) is 5.60. The van der Waals surface area contributed by atoms with E-state index in [1.54, 1.807) is 12.1 Å². The summed E-state index contributed by atoms with van der Waals surface area (Å²) in [7, 11) is 0. The number of halogens is 5. The van der Waals surface area contributed by atoms with Crippen molar-refractivity contribution in [2.24, 2.45) is 0 Å². The van der Waals surface area contributed by atoms with Crippen molar-refractivity contribution < 1.29 is 13.2 Å². The van der Waals surface area contributed by atoms with Crippen molar-refractivity contribution >= 4 is 40.7 Å². The average molecular weight is 405 g/mol. The zero-order valence-corrected chi connectivity index (χ0v) is 15.2. The molecule has 1 aliphatic rings. The van der Waals surface area contributed by atoms with Gasteiger partial charge in [-0.05, 0) is 31.0 Å². The molecule has 26 heavy (non-hydrogen) atoms. The summed E-state index contributed by atoms with van der Waals surface area (Å²) in [6.45, 7) is 0. The summed E-state index contributed by atoms with van der Waals surface area (Å²) in [4.78, 5) is 7.81. The minimum absolute atomic E-state index is 0.00913. The first-order valence-corrected chi connectivity index (χ1v) is 9.02. The molecule has 1 aromatic heterocycles. The second-order valence-corrected chi connectivity index (χ2v) is 7.03. The van der Waals surface area contributed by atoms with E-state index in [1.165, 1.54) is 6.07 Å². The Morgan fingerprint density at radius 3 is 2.38 bits per heavy atom. The van der Waals surface area contributed by atoms with Gasteiger partial charge in [0.2, 0.25) is 5.95 Å². The highest BCUT2D eigenvalue weighted by Crippen LogP contribution is 2.33. The molecule has 2 N–H and O–H groups in total. The molecular formula is C17H17Cl2F3N4. The van der Waals surface area contributed by atoms with Crippen LogP contribution in [0.1, 0.15) is 37.8 Å². The van der Waals surface area contributed by atoms with Gasteiger partial charge in [0.15, 0.2) is 5.69 Å². The van der Waals surface area contributed by atoms with Gasteiger partial charge in [-0.15, -0.1) is 0 Å². The van der Waals surface area contributed by atoms with Gasteiger partial charge in [-0.2, -0.15) is 18.2 Å². The molecule has 0 unspecified atom stereocenters. The minimum Gasteiger partial charge on any atom is -0.351 e. The van der Waals surface area contributed by atoms with E-state index in [4.69, 9.17) is 23.2 Å². The predicted molar refractivity (Wildman–Crippen MR) is 97.3 cm³/mol. The summed E-state index contributed by atoms with van der Waals surface area (Å²) in [5.74, 6) is -0.0332. The lowest BCUT2D eigenvalue weighted by Crippen LogP contribution is -2.24. The highest BCUT2D eigenvalue weighted by Gasteiger charge is 2.34. The summed E-state index contributed by atoms with van der Waals surface area (Å²) < 4.78 is 39.6. The third-order valence-corrected chi connectivity index (χ3v) is 4.70. The number of rotatable bonds is 4. The lowest BCUT2D eigenvalue weighted by Gasteiger charge is -2.23. The van der Waals surface area contributed by atoms with Gasteiger partial charge in [-0.1, -0.05) is 42.5 Å². The van der Waals surface area contributed by atoms with Crippen LogP contribution < -0.4 is 10.6 Å². The van der Waals surface area contributed by atoms with Gasteiger partial charge in [0.05, 0.1) is 10.7 Å². The number of aromatic nitrogens is 2. The van der Waals surface area contributed by atoms with Crippen LogP contribution in [0.2, 0.25) is 10.0 Å². The largest absolute Gasteiger partial charge is 0.433 e. The lowest BCUT2D eigenvalue weighted by atomic mass is 9.96. The molecule has 1 fully saturated rings. The number of nitrogens with one attached hydrogen (secondary N) is 2. The van der Waals surface area contributed by atoms with Crippen LogP contribution in [-0.2, 0) is 6.18 Å². The summed E-state index contributed by atoms with van der Waals surface area (Å²) in [5.41, 5.74) is -0.607. The molecule has 3 rings (SSSR count). The van der Waals surface area contributed by atoms with Gasteiger partial charge >= 0.3 is 6.18 Å². The number of hydrogen-bond acceptors (Lipinski definition) is 4. The maximum atomic E-state index is 13.2. The van der Waals surface area contributed by atoms with Crippen LogP contribution in [0.4, 0.5) is 30.6 Å². The Kier molecular flexibility index (Phi) is 5.77. The third kappa shape index (κ3) is 4.92. The van der Waals surface area contributed by atoms with Crippen molar-refractivity contribution in [2.45, 2.75) is 44.3 Å². The number of nitrogens with zero attached hydrogens (tertiary/aromatic N) is 2. The Hall–Kier alpha value is -1.73. The number of alkyl halides is 3. The zero-order valence-electron chi connectivity index (χ0n) is 13.7. The Balaban J connectivity index is 1.89. The molecule has 1 heterocycles. The Labute approximate surface area is 159 Å². The first kappa shape index (κ1) is 19.0. The standard InChI is InChI=1S/C17H17Cl2F3N4/c18-10-6-7-13(12(19)8-10)24-15-9-14(17(20,21)22)25-16(26-15)23-11-4-2-1-3-5-11/h6-9,11H,1-5H2,(H2,23,24,25,26). The SMILES string of the molecule is FC(F)(F)c1cc(Nc2ccc(Cl)cc2Cl)nc(NC2CCCCC2)n1. The molecule has 4 nitrogen and oxygen atoms in total. The van der Waals surface area contributed by atoms with Gasteiger partial charge in [0.25, 0.3) is 0 Å². The number of hydrogen-bond donors (Lipinski definition) is 2. The lowest BCUT2D eigenvalue weighted by molar-refractivity contribution is -0.141. The Bertz CT molecular complexity index is 777. The van der Waals surface area contributed by atoms with E-state index in [-0.39, 0.29) is 22.8 Å². The fourth-order valence-corrected chi connectivity index (χ4v) is 3.34.